The number of benzene rings is 1. The van der Waals surface area contributed by atoms with Crippen molar-refractivity contribution in [1.82, 2.24) is 14.8 Å². The molecule has 6 heteroatoms. The Labute approximate surface area is 116 Å². The van der Waals surface area contributed by atoms with E-state index in [9.17, 15) is 9.59 Å². The van der Waals surface area contributed by atoms with Gasteiger partial charge >= 0.3 is 5.76 Å². The van der Waals surface area contributed by atoms with E-state index in [1.54, 1.807) is 13.1 Å². The SMILES string of the molecule is Cn1c(=O)oc2cc(CC(=O)N3CCNCC3)ccc21. The average molecular weight is 275 g/mol. The van der Waals surface area contributed by atoms with Gasteiger partial charge < -0.3 is 14.6 Å². The smallest absolute Gasteiger partial charge is 0.408 e. The number of nitrogens with one attached hydrogen (secondary N) is 1. The maximum absolute atomic E-state index is 12.2. The van der Waals surface area contributed by atoms with Gasteiger partial charge in [0.1, 0.15) is 0 Å². The monoisotopic (exact) mass is 275 g/mol. The van der Waals surface area contributed by atoms with Gasteiger partial charge in [0.25, 0.3) is 0 Å². The van der Waals surface area contributed by atoms with Gasteiger partial charge in [0.2, 0.25) is 5.91 Å². The number of aromatic nitrogens is 1. The van der Waals surface area contributed by atoms with E-state index in [0.29, 0.717) is 12.0 Å². The summed E-state index contributed by atoms with van der Waals surface area (Å²) in [6.45, 7) is 3.19. The van der Waals surface area contributed by atoms with Gasteiger partial charge in [-0.25, -0.2) is 4.79 Å². The molecule has 1 saturated heterocycles. The molecule has 1 amide bonds. The fourth-order valence-electron chi connectivity index (χ4n) is 2.49. The van der Waals surface area contributed by atoms with Gasteiger partial charge in [0.05, 0.1) is 11.9 Å². The molecule has 0 unspecified atom stereocenters. The zero-order chi connectivity index (χ0) is 14.1. The molecular formula is C14H17N3O3. The molecule has 0 saturated carbocycles. The van der Waals surface area contributed by atoms with Crippen molar-refractivity contribution in [1.29, 1.82) is 0 Å². The maximum Gasteiger partial charge on any atom is 0.419 e. The summed E-state index contributed by atoms with van der Waals surface area (Å²) in [5, 5.41) is 3.22. The van der Waals surface area contributed by atoms with Crippen LogP contribution >= 0.6 is 0 Å². The number of oxazole rings is 1. The molecule has 3 rings (SSSR count). The summed E-state index contributed by atoms with van der Waals surface area (Å²) in [5.41, 5.74) is 2.15. The summed E-state index contributed by atoms with van der Waals surface area (Å²) in [6, 6.07) is 5.47. The Morgan fingerprint density at radius 2 is 2.10 bits per heavy atom. The number of amides is 1. The minimum atomic E-state index is -0.384. The van der Waals surface area contributed by atoms with E-state index in [2.05, 4.69) is 5.32 Å². The minimum absolute atomic E-state index is 0.115. The van der Waals surface area contributed by atoms with Crippen molar-refractivity contribution < 1.29 is 9.21 Å². The first-order chi connectivity index (χ1) is 9.65. The van der Waals surface area contributed by atoms with Crippen molar-refractivity contribution in [2.45, 2.75) is 6.42 Å². The number of fused-ring (bicyclic) bond motifs is 1. The highest BCUT2D eigenvalue weighted by Crippen LogP contribution is 2.15. The number of hydrogen-bond acceptors (Lipinski definition) is 4. The van der Waals surface area contributed by atoms with Gasteiger partial charge in [-0.3, -0.25) is 9.36 Å². The van der Waals surface area contributed by atoms with Crippen molar-refractivity contribution in [3.63, 3.8) is 0 Å². The van der Waals surface area contributed by atoms with Gasteiger partial charge in [-0.05, 0) is 17.7 Å². The number of aryl methyl sites for hydroxylation is 1. The third-order valence-electron chi connectivity index (χ3n) is 3.68. The van der Waals surface area contributed by atoms with Gasteiger partial charge in [-0.2, -0.15) is 0 Å². The third kappa shape index (κ3) is 2.34. The van der Waals surface area contributed by atoms with Crippen molar-refractivity contribution in [2.24, 2.45) is 7.05 Å². The first-order valence-electron chi connectivity index (χ1n) is 6.72. The zero-order valence-electron chi connectivity index (χ0n) is 11.4. The highest BCUT2D eigenvalue weighted by molar-refractivity contribution is 5.81. The molecule has 2 aromatic rings. The van der Waals surface area contributed by atoms with Crippen LogP contribution in [0.5, 0.6) is 0 Å². The van der Waals surface area contributed by atoms with Crippen LogP contribution in [0.2, 0.25) is 0 Å². The van der Waals surface area contributed by atoms with E-state index in [0.717, 1.165) is 37.3 Å². The summed E-state index contributed by atoms with van der Waals surface area (Å²) in [6.07, 6.45) is 0.342. The second-order valence-electron chi connectivity index (χ2n) is 5.04. The molecule has 1 aromatic heterocycles. The molecule has 106 valence electrons. The van der Waals surface area contributed by atoms with Crippen LogP contribution in [0.1, 0.15) is 5.56 Å². The van der Waals surface area contributed by atoms with Crippen LogP contribution in [0, 0.1) is 0 Å². The Balaban J connectivity index is 1.80. The Morgan fingerprint density at radius 3 is 2.85 bits per heavy atom. The second kappa shape index (κ2) is 5.13. The van der Waals surface area contributed by atoms with Crippen LogP contribution < -0.4 is 11.1 Å². The molecule has 1 fully saturated rings. The van der Waals surface area contributed by atoms with Gasteiger partial charge in [0.15, 0.2) is 5.58 Å². The average Bonchev–Trinajstić information content (AvgIpc) is 2.74. The lowest BCUT2D eigenvalue weighted by molar-refractivity contribution is -0.131. The van der Waals surface area contributed by atoms with Crippen molar-refractivity contribution in [2.75, 3.05) is 26.2 Å². The van der Waals surface area contributed by atoms with Crippen molar-refractivity contribution in [3.05, 3.63) is 34.3 Å². The standard InChI is InChI=1S/C14H17N3O3/c1-16-11-3-2-10(8-12(11)20-14(16)19)9-13(18)17-6-4-15-5-7-17/h2-3,8,15H,4-7,9H2,1H3. The predicted molar refractivity (Wildman–Crippen MR) is 74.6 cm³/mol. The highest BCUT2D eigenvalue weighted by Gasteiger charge is 2.17. The molecule has 0 spiro atoms. The van der Waals surface area contributed by atoms with Gasteiger partial charge in [-0.1, -0.05) is 6.07 Å². The molecule has 2 heterocycles. The van der Waals surface area contributed by atoms with Crippen molar-refractivity contribution >= 4 is 17.0 Å². The molecule has 1 aromatic carbocycles. The molecule has 0 bridgehead atoms. The van der Waals surface area contributed by atoms with E-state index >= 15 is 0 Å². The quantitative estimate of drug-likeness (QED) is 0.844. The summed E-state index contributed by atoms with van der Waals surface area (Å²) in [7, 11) is 1.67. The van der Waals surface area contributed by atoms with Crippen LogP contribution in [0.25, 0.3) is 11.1 Å². The predicted octanol–water partition coefficient (Wildman–Crippen LogP) is 0.106. The van der Waals surface area contributed by atoms with E-state index in [1.807, 2.05) is 17.0 Å². The van der Waals surface area contributed by atoms with Gasteiger partial charge in [0, 0.05) is 33.2 Å². The highest BCUT2D eigenvalue weighted by atomic mass is 16.4. The minimum Gasteiger partial charge on any atom is -0.408 e. The molecule has 1 aliphatic rings. The number of carbonyl (C=O) groups excluding carboxylic acids is 1. The number of hydrogen-bond donors (Lipinski definition) is 1. The third-order valence-corrected chi connectivity index (χ3v) is 3.68. The molecule has 6 nitrogen and oxygen atoms in total. The number of piperazine rings is 1. The Kier molecular flexibility index (Phi) is 3.31. The fourth-order valence-corrected chi connectivity index (χ4v) is 2.49. The lowest BCUT2D eigenvalue weighted by Gasteiger charge is -2.27. The van der Waals surface area contributed by atoms with E-state index in [-0.39, 0.29) is 11.7 Å². The summed E-state index contributed by atoms with van der Waals surface area (Å²) >= 11 is 0. The maximum atomic E-state index is 12.2. The summed E-state index contributed by atoms with van der Waals surface area (Å²) in [4.78, 5) is 25.5. The summed E-state index contributed by atoms with van der Waals surface area (Å²) < 4.78 is 6.59. The first kappa shape index (κ1) is 12.9. The Hall–Kier alpha value is -2.08. The molecular weight excluding hydrogens is 258 g/mol. The number of carbonyl (C=O) groups is 1. The Bertz CT molecular complexity index is 695. The lowest BCUT2D eigenvalue weighted by atomic mass is 10.1. The van der Waals surface area contributed by atoms with E-state index in [1.165, 1.54) is 4.57 Å². The lowest BCUT2D eigenvalue weighted by Crippen LogP contribution is -2.46. The zero-order valence-corrected chi connectivity index (χ0v) is 11.4. The number of rotatable bonds is 2. The van der Waals surface area contributed by atoms with E-state index < -0.39 is 0 Å². The van der Waals surface area contributed by atoms with Crippen LogP contribution in [0.15, 0.2) is 27.4 Å². The second-order valence-corrected chi connectivity index (χ2v) is 5.04. The van der Waals surface area contributed by atoms with Crippen LogP contribution in [-0.2, 0) is 18.3 Å². The van der Waals surface area contributed by atoms with Crippen LogP contribution in [0.4, 0.5) is 0 Å². The van der Waals surface area contributed by atoms with Crippen molar-refractivity contribution in [3.8, 4) is 0 Å². The summed E-state index contributed by atoms with van der Waals surface area (Å²) in [5.74, 6) is -0.269. The van der Waals surface area contributed by atoms with Crippen LogP contribution in [-0.4, -0.2) is 41.6 Å². The molecule has 0 atom stereocenters. The molecule has 0 radical (unpaired) electrons. The largest absolute Gasteiger partial charge is 0.419 e. The molecule has 0 aliphatic carbocycles. The van der Waals surface area contributed by atoms with Crippen LogP contribution in [0.3, 0.4) is 0 Å². The molecule has 1 aliphatic heterocycles. The molecule has 1 N–H and O–H groups in total. The fraction of sp³-hybridized carbons (Fsp3) is 0.429. The van der Waals surface area contributed by atoms with E-state index in [4.69, 9.17) is 4.42 Å². The normalized spacial score (nSPS) is 15.8. The van der Waals surface area contributed by atoms with Gasteiger partial charge in [-0.15, -0.1) is 0 Å². The Morgan fingerprint density at radius 1 is 1.35 bits per heavy atom. The topological polar surface area (TPSA) is 67.5 Å². The molecule has 20 heavy (non-hydrogen) atoms. The number of nitrogens with zero attached hydrogens (tertiary/aromatic N) is 2. The first-order valence-corrected chi connectivity index (χ1v) is 6.72.